The van der Waals surface area contributed by atoms with Gasteiger partial charge in [0.1, 0.15) is 5.82 Å². The molecule has 0 saturated heterocycles. The van der Waals surface area contributed by atoms with E-state index in [-0.39, 0.29) is 11.9 Å². The molecule has 2 N–H and O–H groups in total. The Morgan fingerprint density at radius 1 is 1.37 bits per heavy atom. The van der Waals surface area contributed by atoms with E-state index in [9.17, 15) is 4.79 Å². The number of carboxylic acid groups (broad SMARTS) is 1. The second-order valence-electron chi connectivity index (χ2n) is 4.55. The van der Waals surface area contributed by atoms with Crippen molar-refractivity contribution in [2.24, 2.45) is 0 Å². The van der Waals surface area contributed by atoms with Crippen LogP contribution in [0.4, 0.5) is 5.82 Å². The molecule has 0 amide bonds. The Labute approximate surface area is 111 Å². The number of hydrogen-bond donors (Lipinski definition) is 2. The zero-order valence-electron chi connectivity index (χ0n) is 11.1. The monoisotopic (exact) mass is 259 g/mol. The molecule has 1 aromatic carbocycles. The molecule has 1 unspecified atom stereocenters. The van der Waals surface area contributed by atoms with Crippen LogP contribution in [0.5, 0.6) is 0 Å². The SMILES string of the molecule is CCCC(C)Nc1nc(C(=O)O)nc2ccccc12. The van der Waals surface area contributed by atoms with Gasteiger partial charge in [0, 0.05) is 11.4 Å². The topological polar surface area (TPSA) is 75.1 Å². The maximum atomic E-state index is 11.1. The first-order valence-electron chi connectivity index (χ1n) is 6.38. The number of carbonyl (C=O) groups is 1. The Morgan fingerprint density at radius 2 is 2.11 bits per heavy atom. The third-order valence-electron chi connectivity index (χ3n) is 2.90. The normalized spacial score (nSPS) is 12.3. The number of rotatable bonds is 5. The zero-order valence-corrected chi connectivity index (χ0v) is 11.1. The lowest BCUT2D eigenvalue weighted by atomic mass is 10.2. The Hall–Kier alpha value is -2.17. The highest BCUT2D eigenvalue weighted by Gasteiger charge is 2.13. The molecule has 100 valence electrons. The lowest BCUT2D eigenvalue weighted by Crippen LogP contribution is -2.17. The van der Waals surface area contributed by atoms with E-state index in [2.05, 4.69) is 29.1 Å². The van der Waals surface area contributed by atoms with Crippen LogP contribution < -0.4 is 5.32 Å². The lowest BCUT2D eigenvalue weighted by molar-refractivity contribution is 0.0684. The number of fused-ring (bicyclic) bond motifs is 1. The predicted molar refractivity (Wildman–Crippen MR) is 74.5 cm³/mol. The van der Waals surface area contributed by atoms with Crippen LogP contribution >= 0.6 is 0 Å². The number of aromatic carboxylic acids is 1. The van der Waals surface area contributed by atoms with Crippen molar-refractivity contribution in [3.8, 4) is 0 Å². The number of para-hydroxylation sites is 1. The maximum absolute atomic E-state index is 11.1. The minimum atomic E-state index is -1.11. The third-order valence-corrected chi connectivity index (χ3v) is 2.90. The summed E-state index contributed by atoms with van der Waals surface area (Å²) in [6.07, 6.45) is 2.06. The molecule has 1 atom stereocenters. The van der Waals surface area contributed by atoms with Crippen molar-refractivity contribution in [3.63, 3.8) is 0 Å². The van der Waals surface area contributed by atoms with Crippen molar-refractivity contribution >= 4 is 22.7 Å². The summed E-state index contributed by atoms with van der Waals surface area (Å²) in [5, 5.41) is 13.2. The number of hydrogen-bond acceptors (Lipinski definition) is 4. The van der Waals surface area contributed by atoms with E-state index in [1.165, 1.54) is 0 Å². The van der Waals surface area contributed by atoms with Crippen molar-refractivity contribution < 1.29 is 9.90 Å². The summed E-state index contributed by atoms with van der Waals surface area (Å²) in [5.74, 6) is -0.703. The number of carboxylic acids is 1. The first-order chi connectivity index (χ1) is 9.11. The van der Waals surface area contributed by atoms with Crippen LogP contribution in [0.15, 0.2) is 24.3 Å². The molecule has 0 radical (unpaired) electrons. The van der Waals surface area contributed by atoms with Gasteiger partial charge in [-0.25, -0.2) is 14.8 Å². The first kappa shape index (κ1) is 13.3. The standard InChI is InChI=1S/C14H17N3O2/c1-3-6-9(2)15-12-10-7-4-5-8-11(10)16-13(17-12)14(18)19/h4-5,7-9H,3,6H2,1-2H3,(H,18,19)(H,15,16,17). The largest absolute Gasteiger partial charge is 0.475 e. The van der Waals surface area contributed by atoms with Crippen molar-refractivity contribution in [3.05, 3.63) is 30.1 Å². The van der Waals surface area contributed by atoms with E-state index in [0.717, 1.165) is 18.2 Å². The molecule has 0 bridgehead atoms. The molecule has 0 aliphatic carbocycles. The van der Waals surface area contributed by atoms with E-state index in [1.807, 2.05) is 18.2 Å². The molecule has 5 heteroatoms. The van der Waals surface area contributed by atoms with Crippen LogP contribution in [0.3, 0.4) is 0 Å². The molecule has 0 aliphatic rings. The van der Waals surface area contributed by atoms with Crippen LogP contribution in [-0.2, 0) is 0 Å². The van der Waals surface area contributed by atoms with Gasteiger partial charge in [0.05, 0.1) is 5.52 Å². The Kier molecular flexibility index (Phi) is 3.94. The molecule has 2 aromatic rings. The maximum Gasteiger partial charge on any atom is 0.374 e. The summed E-state index contributed by atoms with van der Waals surface area (Å²) in [7, 11) is 0. The Bertz CT molecular complexity index is 598. The molecule has 0 saturated carbocycles. The minimum absolute atomic E-state index is 0.176. The van der Waals surface area contributed by atoms with Gasteiger partial charge in [0.25, 0.3) is 0 Å². The summed E-state index contributed by atoms with van der Waals surface area (Å²) < 4.78 is 0. The highest BCUT2D eigenvalue weighted by Crippen LogP contribution is 2.21. The van der Waals surface area contributed by atoms with Crippen molar-refractivity contribution in [2.75, 3.05) is 5.32 Å². The number of anilines is 1. The van der Waals surface area contributed by atoms with Gasteiger partial charge in [-0.15, -0.1) is 0 Å². The molecule has 19 heavy (non-hydrogen) atoms. The van der Waals surface area contributed by atoms with E-state index < -0.39 is 5.97 Å². The highest BCUT2D eigenvalue weighted by atomic mass is 16.4. The molecule has 1 aromatic heterocycles. The van der Waals surface area contributed by atoms with Crippen molar-refractivity contribution in [2.45, 2.75) is 32.7 Å². The Morgan fingerprint density at radius 3 is 2.79 bits per heavy atom. The van der Waals surface area contributed by atoms with Gasteiger partial charge in [-0.3, -0.25) is 0 Å². The number of nitrogens with one attached hydrogen (secondary N) is 1. The fourth-order valence-corrected chi connectivity index (χ4v) is 2.02. The van der Waals surface area contributed by atoms with Crippen molar-refractivity contribution in [1.29, 1.82) is 0 Å². The molecule has 0 spiro atoms. The fraction of sp³-hybridized carbons (Fsp3) is 0.357. The molecule has 1 heterocycles. The molecule has 0 aliphatic heterocycles. The Balaban J connectivity index is 2.47. The highest BCUT2D eigenvalue weighted by molar-refractivity contribution is 5.93. The minimum Gasteiger partial charge on any atom is -0.475 e. The van der Waals surface area contributed by atoms with Crippen LogP contribution in [0.25, 0.3) is 10.9 Å². The summed E-state index contributed by atoms with van der Waals surface area (Å²) >= 11 is 0. The van der Waals surface area contributed by atoms with Gasteiger partial charge in [-0.05, 0) is 25.5 Å². The van der Waals surface area contributed by atoms with E-state index >= 15 is 0 Å². The van der Waals surface area contributed by atoms with E-state index in [1.54, 1.807) is 6.07 Å². The van der Waals surface area contributed by atoms with Gasteiger partial charge in [-0.2, -0.15) is 0 Å². The quantitative estimate of drug-likeness (QED) is 0.863. The van der Waals surface area contributed by atoms with Crippen LogP contribution in [0.2, 0.25) is 0 Å². The molecule has 5 nitrogen and oxygen atoms in total. The van der Waals surface area contributed by atoms with Crippen molar-refractivity contribution in [1.82, 2.24) is 9.97 Å². The average molecular weight is 259 g/mol. The predicted octanol–water partition coefficient (Wildman–Crippen LogP) is 2.93. The smallest absolute Gasteiger partial charge is 0.374 e. The first-order valence-corrected chi connectivity index (χ1v) is 6.38. The van der Waals surface area contributed by atoms with Crippen LogP contribution in [-0.4, -0.2) is 27.1 Å². The third kappa shape index (κ3) is 2.99. The van der Waals surface area contributed by atoms with E-state index in [4.69, 9.17) is 5.11 Å². The second kappa shape index (κ2) is 5.65. The molecule has 0 fully saturated rings. The zero-order chi connectivity index (χ0) is 13.8. The fourth-order valence-electron chi connectivity index (χ4n) is 2.02. The van der Waals surface area contributed by atoms with E-state index in [0.29, 0.717) is 11.3 Å². The molecular weight excluding hydrogens is 242 g/mol. The molecule has 2 rings (SSSR count). The van der Waals surface area contributed by atoms with Gasteiger partial charge in [0.2, 0.25) is 5.82 Å². The van der Waals surface area contributed by atoms with Gasteiger partial charge in [-0.1, -0.05) is 25.5 Å². The summed E-state index contributed by atoms with van der Waals surface area (Å²) in [6.45, 7) is 4.17. The average Bonchev–Trinajstić information content (AvgIpc) is 2.38. The number of nitrogens with zero attached hydrogens (tertiary/aromatic N) is 2. The lowest BCUT2D eigenvalue weighted by Gasteiger charge is -2.15. The molecular formula is C14H17N3O2. The summed E-state index contributed by atoms with van der Waals surface area (Å²) in [6, 6.07) is 7.65. The second-order valence-corrected chi connectivity index (χ2v) is 4.55. The van der Waals surface area contributed by atoms with Gasteiger partial charge >= 0.3 is 5.97 Å². The summed E-state index contributed by atoms with van der Waals surface area (Å²) in [5.41, 5.74) is 0.640. The van der Waals surface area contributed by atoms with Crippen LogP contribution in [0.1, 0.15) is 37.3 Å². The van der Waals surface area contributed by atoms with Crippen LogP contribution in [0, 0.1) is 0 Å². The summed E-state index contributed by atoms with van der Waals surface area (Å²) in [4.78, 5) is 19.2. The number of benzene rings is 1. The number of aromatic nitrogens is 2. The van der Waals surface area contributed by atoms with Gasteiger partial charge in [0.15, 0.2) is 0 Å². The van der Waals surface area contributed by atoms with Gasteiger partial charge < -0.3 is 10.4 Å².